The van der Waals surface area contributed by atoms with Crippen LogP contribution in [0.1, 0.15) is 145 Å². The van der Waals surface area contributed by atoms with Crippen LogP contribution in [-0.2, 0) is 51.1 Å². The smallest absolute Gasteiger partial charge is 0.248 e. The third kappa shape index (κ3) is 13.5. The van der Waals surface area contributed by atoms with Crippen molar-refractivity contribution in [2.75, 3.05) is 40.4 Å². The largest absolute Gasteiger partial charge is 0.376 e. The van der Waals surface area contributed by atoms with Crippen molar-refractivity contribution in [2.45, 2.75) is 184 Å². The number of fused-ring (bicyclic) bond motifs is 2. The second-order valence-corrected chi connectivity index (χ2v) is 19.5. The maximum Gasteiger partial charge on any atom is 0.248 e. The van der Waals surface area contributed by atoms with Crippen LogP contribution < -0.4 is 26.6 Å². The maximum atomic E-state index is 14.3. The number of amides is 5. The number of Topliss-reactive ketones (excluding diaryl/α,β-unsaturated/α-hetero) is 1. The topological polar surface area (TPSA) is 188 Å². The minimum Gasteiger partial charge on any atom is -0.376 e. The van der Waals surface area contributed by atoms with E-state index in [1.807, 2.05) is 18.2 Å². The molecule has 68 heavy (non-hydrogen) atoms. The number of hydrogen-bond donors (Lipinski definition) is 5. The van der Waals surface area contributed by atoms with Crippen molar-refractivity contribution in [1.82, 2.24) is 36.4 Å². The minimum absolute atomic E-state index is 0.0785. The highest BCUT2D eigenvalue weighted by molar-refractivity contribution is 5.95. The first-order chi connectivity index (χ1) is 32.8. The molecule has 2 aliphatic heterocycles. The number of rotatable bonds is 24. The van der Waals surface area contributed by atoms with Gasteiger partial charge in [0.05, 0.1) is 36.4 Å². The van der Waals surface area contributed by atoms with Crippen LogP contribution in [0.25, 0.3) is 0 Å². The molecule has 0 saturated carbocycles. The molecule has 2 fully saturated rings. The summed E-state index contributed by atoms with van der Waals surface area (Å²) in [7, 11) is 3.37. The van der Waals surface area contributed by atoms with Crippen molar-refractivity contribution in [3.8, 4) is 0 Å². The number of ketones is 1. The standard InChI is InChI=1S/C53H79N7O8/c1-34(54-5)49(62)57-47(52(65)59-29-17-27-44(59)46(61)33-40-23-15-21-38-19-9-11-24-41(38)40)36(3)67-31-13-7-8-14-32-68-37(4)48(58-50(63)35(2)55-6)53(66)60-30-18-28-45(60)51(64)56-43-26-16-22-39-20-10-12-25-42(39)43/h9-12,19-20,24-25,34-37,40,43-45,47-48,54-55H,7-8,13-18,21-23,26-33H2,1-6H3,(H,56,64)(H,57,62)(H,58,63)/t34-,35-,36+,37+,40-,43+,44-,45-,47-,48-/m0/s1. The van der Waals surface area contributed by atoms with E-state index in [2.05, 4.69) is 56.9 Å². The normalized spacial score (nSPS) is 22.7. The lowest BCUT2D eigenvalue weighted by Gasteiger charge is -2.33. The number of hydrogen-bond acceptors (Lipinski definition) is 10. The monoisotopic (exact) mass is 942 g/mol. The van der Waals surface area contributed by atoms with E-state index in [4.69, 9.17) is 9.47 Å². The Bertz CT molecular complexity index is 1890. The van der Waals surface area contributed by atoms with E-state index in [9.17, 15) is 28.8 Å². The number of likely N-dealkylation sites (N-methyl/N-ethyl adjacent to an activating group) is 2. The molecule has 2 heterocycles. The molecule has 374 valence electrons. The molecule has 0 aromatic heterocycles. The van der Waals surface area contributed by atoms with Gasteiger partial charge >= 0.3 is 0 Å². The molecule has 6 rings (SSSR count). The van der Waals surface area contributed by atoms with E-state index in [0.29, 0.717) is 64.8 Å². The summed E-state index contributed by atoms with van der Waals surface area (Å²) in [4.78, 5) is 85.9. The number of carbonyl (C=O) groups is 6. The van der Waals surface area contributed by atoms with E-state index in [0.717, 1.165) is 63.4 Å². The third-order valence-electron chi connectivity index (χ3n) is 14.9. The summed E-state index contributed by atoms with van der Waals surface area (Å²) < 4.78 is 12.5. The van der Waals surface area contributed by atoms with Gasteiger partial charge in [-0.1, -0.05) is 61.4 Å². The first-order valence-corrected chi connectivity index (χ1v) is 25.6. The number of likely N-dealkylation sites (tertiary alicyclic amines) is 2. The molecular formula is C53H79N7O8. The highest BCUT2D eigenvalue weighted by atomic mass is 16.5. The molecule has 0 unspecified atom stereocenters. The molecule has 2 aromatic carbocycles. The van der Waals surface area contributed by atoms with Crippen molar-refractivity contribution in [2.24, 2.45) is 0 Å². The first-order valence-electron chi connectivity index (χ1n) is 25.6. The van der Waals surface area contributed by atoms with Gasteiger partial charge in [0.1, 0.15) is 18.1 Å². The number of ether oxygens (including phenoxy) is 2. The molecule has 0 bridgehead atoms. The SMILES string of the molecule is CN[C@@H](C)C(=O)N[C@H](C(=O)N1CCC[C@H]1C(=O)C[C@@H]1CCCc2ccccc21)[C@@H](C)OCCCCCCO[C@H](C)[C@H](NC(=O)[C@H](C)NC)C(=O)N1CCC[C@H]1C(=O)N[C@@H]1CCCc2ccccc21. The van der Waals surface area contributed by atoms with Crippen molar-refractivity contribution >= 4 is 35.3 Å². The molecule has 5 N–H and O–H groups in total. The third-order valence-corrected chi connectivity index (χ3v) is 14.9. The second-order valence-electron chi connectivity index (χ2n) is 19.5. The lowest BCUT2D eigenvalue weighted by molar-refractivity contribution is -0.145. The number of nitrogens with one attached hydrogen (secondary N) is 5. The van der Waals surface area contributed by atoms with Crippen LogP contribution in [0.15, 0.2) is 48.5 Å². The van der Waals surface area contributed by atoms with E-state index in [1.54, 1.807) is 51.6 Å². The highest BCUT2D eigenvalue weighted by Gasteiger charge is 2.43. The van der Waals surface area contributed by atoms with Gasteiger partial charge in [-0.3, -0.25) is 28.8 Å². The lowest BCUT2D eigenvalue weighted by atomic mass is 9.79. The van der Waals surface area contributed by atoms with E-state index in [1.165, 1.54) is 16.7 Å². The van der Waals surface area contributed by atoms with Crippen LogP contribution >= 0.6 is 0 Å². The van der Waals surface area contributed by atoms with Crippen molar-refractivity contribution in [3.63, 3.8) is 0 Å². The van der Waals surface area contributed by atoms with Gasteiger partial charge in [-0.25, -0.2) is 0 Å². The summed E-state index contributed by atoms with van der Waals surface area (Å²) in [5.41, 5.74) is 4.94. The Morgan fingerprint density at radius 2 is 1.09 bits per heavy atom. The summed E-state index contributed by atoms with van der Waals surface area (Å²) >= 11 is 0. The van der Waals surface area contributed by atoms with Crippen molar-refractivity contribution in [3.05, 3.63) is 70.8 Å². The Balaban J connectivity index is 0.977. The summed E-state index contributed by atoms with van der Waals surface area (Å²) in [5.74, 6) is -1.20. The maximum absolute atomic E-state index is 14.3. The van der Waals surface area contributed by atoms with Gasteiger partial charge in [0.2, 0.25) is 29.5 Å². The molecule has 0 spiro atoms. The van der Waals surface area contributed by atoms with Crippen LogP contribution in [0.4, 0.5) is 0 Å². The van der Waals surface area contributed by atoms with Crippen LogP contribution in [0, 0.1) is 0 Å². The fourth-order valence-electron chi connectivity index (χ4n) is 10.5. The zero-order valence-corrected chi connectivity index (χ0v) is 41.5. The van der Waals surface area contributed by atoms with E-state index < -0.39 is 48.5 Å². The fraction of sp³-hybridized carbons (Fsp3) is 0.660. The van der Waals surface area contributed by atoms with E-state index in [-0.39, 0.29) is 47.3 Å². The van der Waals surface area contributed by atoms with Gasteiger partial charge in [-0.2, -0.15) is 0 Å². The molecular weight excluding hydrogens is 863 g/mol. The van der Waals surface area contributed by atoms with Crippen molar-refractivity contribution < 1.29 is 38.2 Å². The molecule has 15 nitrogen and oxygen atoms in total. The molecule has 10 atom stereocenters. The molecule has 2 aliphatic carbocycles. The Labute approximate surface area is 404 Å². The van der Waals surface area contributed by atoms with Crippen LogP contribution in [0.2, 0.25) is 0 Å². The van der Waals surface area contributed by atoms with Gasteiger partial charge in [-0.15, -0.1) is 0 Å². The predicted molar refractivity (Wildman–Crippen MR) is 262 cm³/mol. The molecule has 2 aromatic rings. The zero-order chi connectivity index (χ0) is 48.7. The minimum atomic E-state index is -0.979. The average molecular weight is 942 g/mol. The van der Waals surface area contributed by atoms with Crippen LogP contribution in [0.5, 0.6) is 0 Å². The number of aryl methyl sites for hydroxylation is 2. The van der Waals surface area contributed by atoms with Gasteiger partial charge in [0.25, 0.3) is 0 Å². The Kier molecular flexibility index (Phi) is 20.0. The first kappa shape index (κ1) is 52.7. The summed E-state index contributed by atoms with van der Waals surface area (Å²) in [5, 5.41) is 15.0. The number of nitrogens with zero attached hydrogens (tertiary/aromatic N) is 2. The fourth-order valence-corrected chi connectivity index (χ4v) is 10.5. The summed E-state index contributed by atoms with van der Waals surface area (Å²) in [6.45, 7) is 8.66. The molecule has 5 amide bonds. The van der Waals surface area contributed by atoms with Crippen molar-refractivity contribution in [1.29, 1.82) is 0 Å². The Morgan fingerprint density at radius 1 is 0.603 bits per heavy atom. The van der Waals surface area contributed by atoms with Gasteiger partial charge < -0.3 is 45.9 Å². The Morgan fingerprint density at radius 3 is 1.65 bits per heavy atom. The van der Waals surface area contributed by atoms with Gasteiger partial charge in [0, 0.05) is 32.7 Å². The van der Waals surface area contributed by atoms with Gasteiger partial charge in [0.15, 0.2) is 5.78 Å². The summed E-state index contributed by atoms with van der Waals surface area (Å²) in [6, 6.07) is 12.3. The van der Waals surface area contributed by atoms with Gasteiger partial charge in [-0.05, 0) is 147 Å². The number of carbonyl (C=O) groups excluding carboxylic acids is 6. The molecule has 4 aliphatic rings. The zero-order valence-electron chi connectivity index (χ0n) is 41.5. The Hall–Kier alpha value is -4.70. The quantitative estimate of drug-likeness (QED) is 0.0917. The van der Waals surface area contributed by atoms with E-state index >= 15 is 0 Å². The summed E-state index contributed by atoms with van der Waals surface area (Å²) in [6.07, 6.45) is 10.6. The second kappa shape index (κ2) is 25.8. The molecule has 2 saturated heterocycles. The number of benzene rings is 2. The molecule has 0 radical (unpaired) electrons. The average Bonchev–Trinajstić information content (AvgIpc) is 4.06. The lowest BCUT2D eigenvalue weighted by Crippen LogP contribution is -2.59. The molecule has 15 heteroatoms. The predicted octanol–water partition coefficient (Wildman–Crippen LogP) is 4.80. The number of unbranched alkanes of at least 4 members (excludes halogenated alkanes) is 3. The van der Waals surface area contributed by atoms with Crippen LogP contribution in [-0.4, -0.2) is 134 Å². The highest BCUT2D eigenvalue weighted by Crippen LogP contribution is 2.36. The van der Waals surface area contributed by atoms with Crippen LogP contribution in [0.3, 0.4) is 0 Å².